The molecule has 0 saturated carbocycles. The van der Waals surface area contributed by atoms with Gasteiger partial charge in [-0.1, -0.05) is 54.6 Å². The maximum atomic E-state index is 12.2. The summed E-state index contributed by atoms with van der Waals surface area (Å²) >= 11 is 5.58. The second kappa shape index (κ2) is 8.09. The van der Waals surface area contributed by atoms with Crippen LogP contribution < -0.4 is 5.32 Å². The molecule has 2 N–H and O–H groups in total. The van der Waals surface area contributed by atoms with E-state index in [1.807, 2.05) is 30.3 Å². The molecule has 0 spiro atoms. The van der Waals surface area contributed by atoms with E-state index in [0.717, 1.165) is 10.5 Å². The summed E-state index contributed by atoms with van der Waals surface area (Å²) in [5, 5.41) is 11.3. The molecule has 2 amide bonds. The van der Waals surface area contributed by atoms with Gasteiger partial charge in [0.25, 0.3) is 0 Å². The van der Waals surface area contributed by atoms with E-state index in [-0.39, 0.29) is 13.2 Å². The number of hydrogen-bond donors (Lipinski definition) is 2. The van der Waals surface area contributed by atoms with Crippen LogP contribution >= 0.6 is 11.6 Å². The molecule has 2 aromatic rings. The molecule has 27 heavy (non-hydrogen) atoms. The molecule has 8 heteroatoms. The minimum absolute atomic E-state index is 0.0727. The number of hydrogen-bond acceptors (Lipinski definition) is 4. The lowest BCUT2D eigenvalue weighted by atomic mass is 9.89. The average molecular weight is 389 g/mol. The number of nitrogens with one attached hydrogen (secondary N) is 1. The minimum Gasteiger partial charge on any atom is -0.479 e. The van der Waals surface area contributed by atoms with Crippen LogP contribution in [0, 0.1) is 0 Å². The Balaban J connectivity index is 1.78. The van der Waals surface area contributed by atoms with Crippen molar-refractivity contribution >= 4 is 29.0 Å². The molecule has 0 saturated heterocycles. The molecule has 3 rings (SSSR count). The van der Waals surface area contributed by atoms with Crippen LogP contribution in [0.4, 0.5) is 9.59 Å². The molecule has 1 aliphatic heterocycles. The van der Waals surface area contributed by atoms with Gasteiger partial charge in [-0.2, -0.15) is 0 Å². The Bertz CT molecular complexity index is 858. The third kappa shape index (κ3) is 4.20. The van der Waals surface area contributed by atoms with E-state index in [4.69, 9.17) is 16.3 Å². The zero-order chi connectivity index (χ0) is 19.4. The molecular formula is C19H17ClN2O5. The van der Waals surface area contributed by atoms with Gasteiger partial charge in [0.05, 0.1) is 6.04 Å². The van der Waals surface area contributed by atoms with E-state index in [1.54, 1.807) is 24.3 Å². The van der Waals surface area contributed by atoms with Crippen molar-refractivity contribution in [3.63, 3.8) is 0 Å². The Morgan fingerprint density at radius 2 is 1.70 bits per heavy atom. The van der Waals surface area contributed by atoms with Gasteiger partial charge in [-0.3, -0.25) is 4.79 Å². The predicted molar refractivity (Wildman–Crippen MR) is 97.3 cm³/mol. The van der Waals surface area contributed by atoms with Gasteiger partial charge in [0.2, 0.25) is 0 Å². The summed E-state index contributed by atoms with van der Waals surface area (Å²) in [6.45, 7) is 0.0215. The van der Waals surface area contributed by atoms with Crippen molar-refractivity contribution in [1.29, 1.82) is 0 Å². The van der Waals surface area contributed by atoms with E-state index in [9.17, 15) is 19.5 Å². The number of halogens is 1. The van der Waals surface area contributed by atoms with Crippen LogP contribution in [-0.2, 0) is 16.1 Å². The van der Waals surface area contributed by atoms with E-state index in [1.165, 1.54) is 0 Å². The van der Waals surface area contributed by atoms with Gasteiger partial charge in [-0.15, -0.1) is 0 Å². The van der Waals surface area contributed by atoms with E-state index in [2.05, 4.69) is 5.32 Å². The molecule has 0 unspecified atom stereocenters. The highest BCUT2D eigenvalue weighted by atomic mass is 35.5. The first-order valence-corrected chi connectivity index (χ1v) is 8.60. The number of carboxylic acids is 1. The minimum atomic E-state index is -1.20. The van der Waals surface area contributed by atoms with Crippen LogP contribution in [0.15, 0.2) is 54.6 Å². The van der Waals surface area contributed by atoms with E-state index < -0.39 is 29.5 Å². The van der Waals surface area contributed by atoms with Gasteiger partial charge >= 0.3 is 17.4 Å². The molecule has 1 heterocycles. The molecular weight excluding hydrogens is 372 g/mol. The van der Waals surface area contributed by atoms with Crippen LogP contribution in [-0.4, -0.2) is 34.0 Å². The number of carboxylic acid groups (broad SMARTS) is 1. The van der Waals surface area contributed by atoms with Gasteiger partial charge in [0, 0.05) is 6.54 Å². The summed E-state index contributed by atoms with van der Waals surface area (Å²) in [4.78, 5) is 36.6. The van der Waals surface area contributed by atoms with Crippen molar-refractivity contribution in [2.24, 2.45) is 0 Å². The second-order valence-electron chi connectivity index (χ2n) is 6.03. The number of carbonyl (C=O) groups is 3. The molecule has 2 atom stereocenters. The Labute approximate surface area is 160 Å². The van der Waals surface area contributed by atoms with E-state index >= 15 is 0 Å². The second-order valence-corrected chi connectivity index (χ2v) is 6.36. The van der Waals surface area contributed by atoms with Crippen molar-refractivity contribution in [1.82, 2.24) is 10.2 Å². The van der Waals surface area contributed by atoms with Crippen LogP contribution in [0.5, 0.6) is 0 Å². The summed E-state index contributed by atoms with van der Waals surface area (Å²) in [5.74, 6) is -1.19. The number of amides is 2. The number of carbonyl (C=O) groups excluding carboxylic acids is 2. The van der Waals surface area contributed by atoms with Crippen molar-refractivity contribution in [2.45, 2.75) is 18.7 Å². The fraction of sp³-hybridized carbons (Fsp3) is 0.211. The third-order valence-electron chi connectivity index (χ3n) is 4.32. The zero-order valence-corrected chi connectivity index (χ0v) is 14.9. The predicted octanol–water partition coefficient (Wildman–Crippen LogP) is 3.45. The molecule has 0 aliphatic carbocycles. The summed E-state index contributed by atoms with van der Waals surface area (Å²) < 4.78 is 5.21. The molecule has 1 aliphatic rings. The third-order valence-corrected chi connectivity index (χ3v) is 4.54. The summed E-state index contributed by atoms with van der Waals surface area (Å²) in [6.07, 6.45) is -0.672. The molecule has 0 radical (unpaired) electrons. The number of rotatable bonds is 4. The molecule has 0 aromatic heterocycles. The van der Waals surface area contributed by atoms with Crippen molar-refractivity contribution in [3.8, 4) is 0 Å². The Hall–Kier alpha value is -3.06. The van der Waals surface area contributed by atoms with Gasteiger partial charge in [0.1, 0.15) is 6.61 Å². The Kier molecular flexibility index (Phi) is 5.61. The van der Waals surface area contributed by atoms with Crippen LogP contribution in [0.2, 0.25) is 0 Å². The lowest BCUT2D eigenvalue weighted by molar-refractivity contribution is -0.142. The van der Waals surface area contributed by atoms with Crippen molar-refractivity contribution in [3.05, 3.63) is 71.3 Å². The number of aliphatic carboxylic acids is 1. The van der Waals surface area contributed by atoms with Gasteiger partial charge in [-0.25, -0.2) is 9.59 Å². The largest absolute Gasteiger partial charge is 0.479 e. The van der Waals surface area contributed by atoms with Gasteiger partial charge in [0.15, 0.2) is 6.04 Å². The fourth-order valence-electron chi connectivity index (χ4n) is 3.12. The number of nitrogens with zero attached hydrogens (tertiary/aromatic N) is 1. The first-order chi connectivity index (χ1) is 13.0. The molecule has 140 valence electrons. The molecule has 7 nitrogen and oxygen atoms in total. The number of alkyl carbamates (subject to hydrolysis) is 1. The Morgan fingerprint density at radius 3 is 2.33 bits per heavy atom. The highest BCUT2D eigenvalue weighted by molar-refractivity contribution is 6.63. The maximum Gasteiger partial charge on any atom is 0.408 e. The van der Waals surface area contributed by atoms with Crippen molar-refractivity contribution in [2.75, 3.05) is 6.54 Å². The van der Waals surface area contributed by atoms with Crippen LogP contribution in [0.25, 0.3) is 0 Å². The molecule has 0 fully saturated rings. The standard InChI is InChI=1S/C19H17ClN2O5/c20-18(25)22-10-15(13-8-4-5-9-14(13)16(22)17(23)24)21-19(26)27-11-12-6-2-1-3-7-12/h1-9,15-16H,10-11H2,(H,21,26)(H,23,24)/t15-,16-/m1/s1. The van der Waals surface area contributed by atoms with E-state index in [0.29, 0.717) is 11.1 Å². The lowest BCUT2D eigenvalue weighted by Crippen LogP contribution is -2.47. The fourth-order valence-corrected chi connectivity index (χ4v) is 3.28. The summed E-state index contributed by atoms with van der Waals surface area (Å²) in [6, 6.07) is 14.1. The van der Waals surface area contributed by atoms with Gasteiger partial charge < -0.3 is 20.1 Å². The van der Waals surface area contributed by atoms with Crippen LogP contribution in [0.1, 0.15) is 28.8 Å². The first-order valence-electron chi connectivity index (χ1n) is 8.22. The number of ether oxygens (including phenoxy) is 1. The zero-order valence-electron chi connectivity index (χ0n) is 14.2. The normalized spacial score (nSPS) is 18.3. The monoisotopic (exact) mass is 388 g/mol. The average Bonchev–Trinajstić information content (AvgIpc) is 2.66. The number of benzene rings is 2. The smallest absolute Gasteiger partial charge is 0.408 e. The van der Waals surface area contributed by atoms with Gasteiger partial charge in [-0.05, 0) is 28.3 Å². The molecule has 2 aromatic carbocycles. The summed E-state index contributed by atoms with van der Waals surface area (Å²) in [5.41, 5.74) is 1.84. The number of fused-ring (bicyclic) bond motifs is 1. The molecule has 0 bridgehead atoms. The maximum absolute atomic E-state index is 12.2. The Morgan fingerprint density at radius 1 is 1.07 bits per heavy atom. The SMILES string of the molecule is O=C(N[C@@H]1CN(C(=O)Cl)[C@@H](C(=O)O)c2ccccc21)OCc1ccccc1. The highest BCUT2D eigenvalue weighted by Gasteiger charge is 2.40. The summed E-state index contributed by atoms with van der Waals surface area (Å²) in [7, 11) is 0. The van der Waals surface area contributed by atoms with Crippen molar-refractivity contribution < 1.29 is 24.2 Å². The topological polar surface area (TPSA) is 95.9 Å². The highest BCUT2D eigenvalue weighted by Crippen LogP contribution is 2.35. The lowest BCUT2D eigenvalue weighted by Gasteiger charge is -2.37. The first kappa shape index (κ1) is 18.7. The van der Waals surface area contributed by atoms with Crippen LogP contribution in [0.3, 0.4) is 0 Å². The quantitative estimate of drug-likeness (QED) is 0.617.